The average molecular weight is 278 g/mol. The van der Waals surface area contributed by atoms with Gasteiger partial charge in [0, 0.05) is 5.38 Å². The van der Waals surface area contributed by atoms with E-state index in [2.05, 4.69) is 10.3 Å². The van der Waals surface area contributed by atoms with Crippen molar-refractivity contribution in [3.05, 3.63) is 51.2 Å². The first-order valence-corrected chi connectivity index (χ1v) is 6.84. The van der Waals surface area contributed by atoms with E-state index < -0.39 is 11.7 Å². The van der Waals surface area contributed by atoms with Gasteiger partial charge in [0.15, 0.2) is 0 Å². The Hall–Kier alpha value is -1.75. The number of aryl methyl sites for hydroxylation is 2. The Morgan fingerprint density at radius 3 is 2.79 bits per heavy atom. The molecule has 0 aliphatic heterocycles. The average Bonchev–Trinajstić information content (AvgIpc) is 2.79. The van der Waals surface area contributed by atoms with E-state index in [4.69, 9.17) is 0 Å². The Kier molecular flexibility index (Phi) is 3.95. The number of carbonyl (C=O) groups is 1. The largest absolute Gasteiger partial charge is 0.344 e. The van der Waals surface area contributed by atoms with Crippen molar-refractivity contribution in [1.82, 2.24) is 10.3 Å². The summed E-state index contributed by atoms with van der Waals surface area (Å²) in [5, 5.41) is 5.60. The number of amides is 1. The van der Waals surface area contributed by atoms with Gasteiger partial charge in [-0.25, -0.2) is 9.37 Å². The number of benzene rings is 1. The fraction of sp³-hybridized carbons (Fsp3) is 0.286. The Labute approximate surface area is 115 Å². The van der Waals surface area contributed by atoms with Crippen molar-refractivity contribution in [2.45, 2.75) is 26.8 Å². The van der Waals surface area contributed by atoms with Gasteiger partial charge in [0.1, 0.15) is 5.82 Å². The SMILES string of the molecule is Cc1ccc(F)c(C(=O)NC(C)c2csc(C)n2)c1. The Morgan fingerprint density at radius 1 is 1.42 bits per heavy atom. The summed E-state index contributed by atoms with van der Waals surface area (Å²) in [6, 6.07) is 4.25. The number of aromatic nitrogens is 1. The van der Waals surface area contributed by atoms with Gasteiger partial charge >= 0.3 is 0 Å². The molecule has 0 bridgehead atoms. The summed E-state index contributed by atoms with van der Waals surface area (Å²) >= 11 is 1.52. The maximum atomic E-state index is 13.6. The molecule has 2 rings (SSSR count). The number of carbonyl (C=O) groups excluding carboxylic acids is 1. The summed E-state index contributed by atoms with van der Waals surface area (Å²) in [7, 11) is 0. The van der Waals surface area contributed by atoms with Crippen LogP contribution in [0, 0.1) is 19.7 Å². The molecule has 0 saturated heterocycles. The monoisotopic (exact) mass is 278 g/mol. The van der Waals surface area contributed by atoms with E-state index in [1.165, 1.54) is 17.4 Å². The van der Waals surface area contributed by atoms with Crippen LogP contribution in [0.2, 0.25) is 0 Å². The summed E-state index contributed by atoms with van der Waals surface area (Å²) in [6.45, 7) is 5.56. The van der Waals surface area contributed by atoms with E-state index in [1.54, 1.807) is 12.1 Å². The van der Waals surface area contributed by atoms with Crippen LogP contribution in [0.4, 0.5) is 4.39 Å². The molecule has 1 amide bonds. The van der Waals surface area contributed by atoms with Crippen molar-refractivity contribution in [3.63, 3.8) is 0 Å². The summed E-state index contributed by atoms with van der Waals surface area (Å²) in [4.78, 5) is 16.3. The first-order chi connectivity index (χ1) is 8.97. The molecule has 1 atom stereocenters. The third kappa shape index (κ3) is 3.17. The van der Waals surface area contributed by atoms with Gasteiger partial charge < -0.3 is 5.32 Å². The van der Waals surface area contributed by atoms with Gasteiger partial charge in [0.2, 0.25) is 0 Å². The lowest BCUT2D eigenvalue weighted by Gasteiger charge is -2.12. The molecule has 0 aliphatic carbocycles. The molecule has 1 aromatic heterocycles. The van der Waals surface area contributed by atoms with Crippen molar-refractivity contribution in [1.29, 1.82) is 0 Å². The fourth-order valence-corrected chi connectivity index (χ4v) is 2.45. The predicted octanol–water partition coefficient (Wildman–Crippen LogP) is 3.39. The normalized spacial score (nSPS) is 12.2. The minimum absolute atomic E-state index is 0.0683. The number of halogens is 1. The number of nitrogens with zero attached hydrogens (tertiary/aromatic N) is 1. The van der Waals surface area contributed by atoms with E-state index in [9.17, 15) is 9.18 Å². The molecule has 1 unspecified atom stereocenters. The molecule has 1 heterocycles. The highest BCUT2D eigenvalue weighted by Gasteiger charge is 2.16. The van der Waals surface area contributed by atoms with Crippen molar-refractivity contribution in [2.75, 3.05) is 0 Å². The highest BCUT2D eigenvalue weighted by atomic mass is 32.1. The topological polar surface area (TPSA) is 42.0 Å². The molecule has 0 radical (unpaired) electrons. The summed E-state index contributed by atoms with van der Waals surface area (Å²) in [5.74, 6) is -0.927. The van der Waals surface area contributed by atoms with Crippen LogP contribution in [0.25, 0.3) is 0 Å². The first kappa shape index (κ1) is 13.7. The molecule has 3 nitrogen and oxygen atoms in total. The minimum atomic E-state index is -0.509. The van der Waals surface area contributed by atoms with Gasteiger partial charge in [-0.1, -0.05) is 11.6 Å². The molecule has 0 saturated carbocycles. The van der Waals surface area contributed by atoms with Gasteiger partial charge in [0.25, 0.3) is 5.91 Å². The van der Waals surface area contributed by atoms with E-state index in [0.29, 0.717) is 0 Å². The second kappa shape index (κ2) is 5.48. The molecular formula is C14H15FN2OS. The number of hydrogen-bond donors (Lipinski definition) is 1. The molecule has 5 heteroatoms. The summed E-state index contributed by atoms with van der Waals surface area (Å²) < 4.78 is 13.6. The minimum Gasteiger partial charge on any atom is -0.344 e. The third-order valence-corrected chi connectivity index (χ3v) is 3.59. The van der Waals surface area contributed by atoms with Crippen LogP contribution in [0.15, 0.2) is 23.6 Å². The first-order valence-electron chi connectivity index (χ1n) is 5.96. The van der Waals surface area contributed by atoms with Crippen LogP contribution < -0.4 is 5.32 Å². The Morgan fingerprint density at radius 2 is 2.16 bits per heavy atom. The number of hydrogen-bond acceptors (Lipinski definition) is 3. The van der Waals surface area contributed by atoms with Crippen LogP contribution in [0.3, 0.4) is 0 Å². The van der Waals surface area contributed by atoms with Crippen LogP contribution in [-0.2, 0) is 0 Å². The van der Waals surface area contributed by atoms with Gasteiger partial charge in [-0.15, -0.1) is 11.3 Å². The highest BCUT2D eigenvalue weighted by Crippen LogP contribution is 2.17. The standard InChI is InChI=1S/C14H15FN2OS/c1-8-4-5-12(15)11(6-8)14(18)16-9(2)13-7-19-10(3)17-13/h4-7,9H,1-3H3,(H,16,18). The predicted molar refractivity (Wildman–Crippen MR) is 73.9 cm³/mol. The number of rotatable bonds is 3. The van der Waals surface area contributed by atoms with Crippen LogP contribution in [0.5, 0.6) is 0 Å². The van der Waals surface area contributed by atoms with Crippen molar-refractivity contribution >= 4 is 17.2 Å². The molecule has 0 spiro atoms. The second-order valence-electron chi connectivity index (χ2n) is 4.47. The molecular weight excluding hydrogens is 263 g/mol. The Balaban J connectivity index is 2.15. The van der Waals surface area contributed by atoms with Crippen LogP contribution in [-0.4, -0.2) is 10.9 Å². The zero-order valence-electron chi connectivity index (χ0n) is 11.0. The summed E-state index contributed by atoms with van der Waals surface area (Å²) in [5.41, 5.74) is 1.71. The zero-order valence-corrected chi connectivity index (χ0v) is 11.8. The lowest BCUT2D eigenvalue weighted by atomic mass is 10.1. The fourth-order valence-electron chi connectivity index (χ4n) is 1.74. The highest BCUT2D eigenvalue weighted by molar-refractivity contribution is 7.09. The third-order valence-electron chi connectivity index (χ3n) is 2.79. The molecule has 1 N–H and O–H groups in total. The van der Waals surface area contributed by atoms with Gasteiger partial charge in [-0.2, -0.15) is 0 Å². The molecule has 0 aliphatic rings. The van der Waals surface area contributed by atoms with Gasteiger partial charge in [-0.3, -0.25) is 4.79 Å². The van der Waals surface area contributed by atoms with E-state index in [1.807, 2.05) is 26.2 Å². The van der Waals surface area contributed by atoms with Gasteiger partial charge in [0.05, 0.1) is 22.3 Å². The van der Waals surface area contributed by atoms with Crippen LogP contribution in [0.1, 0.15) is 39.6 Å². The van der Waals surface area contributed by atoms with E-state index in [-0.39, 0.29) is 11.6 Å². The maximum Gasteiger partial charge on any atom is 0.254 e. The second-order valence-corrected chi connectivity index (χ2v) is 5.53. The maximum absolute atomic E-state index is 13.6. The van der Waals surface area contributed by atoms with Gasteiger partial charge in [-0.05, 0) is 32.9 Å². The summed E-state index contributed by atoms with van der Waals surface area (Å²) in [6.07, 6.45) is 0. The number of thiazole rings is 1. The smallest absolute Gasteiger partial charge is 0.254 e. The molecule has 100 valence electrons. The molecule has 2 aromatic rings. The molecule has 19 heavy (non-hydrogen) atoms. The quantitative estimate of drug-likeness (QED) is 0.935. The van der Waals surface area contributed by atoms with Crippen molar-refractivity contribution < 1.29 is 9.18 Å². The lowest BCUT2D eigenvalue weighted by Crippen LogP contribution is -2.27. The van der Waals surface area contributed by atoms with Crippen molar-refractivity contribution in [3.8, 4) is 0 Å². The Bertz CT molecular complexity index is 609. The zero-order chi connectivity index (χ0) is 14.0. The van der Waals surface area contributed by atoms with Crippen LogP contribution >= 0.6 is 11.3 Å². The molecule has 1 aromatic carbocycles. The van der Waals surface area contributed by atoms with E-state index >= 15 is 0 Å². The van der Waals surface area contributed by atoms with Crippen molar-refractivity contribution in [2.24, 2.45) is 0 Å². The molecule has 0 fully saturated rings. The van der Waals surface area contributed by atoms with E-state index in [0.717, 1.165) is 16.3 Å². The lowest BCUT2D eigenvalue weighted by molar-refractivity contribution is 0.0935. The number of nitrogens with one attached hydrogen (secondary N) is 1.